The van der Waals surface area contributed by atoms with Crippen LogP contribution in [0.4, 0.5) is 17.6 Å². The summed E-state index contributed by atoms with van der Waals surface area (Å²) in [4.78, 5) is 0. The molecule has 0 aromatic heterocycles. The molecule has 1 aliphatic carbocycles. The van der Waals surface area contributed by atoms with Crippen LogP contribution in [0.25, 0.3) is 16.7 Å². The van der Waals surface area contributed by atoms with Crippen LogP contribution in [0, 0.1) is 11.6 Å². The molecule has 2 nitrogen and oxygen atoms in total. The zero-order valence-electron chi connectivity index (χ0n) is 19.2. The Labute approximate surface area is 197 Å². The van der Waals surface area contributed by atoms with Gasteiger partial charge in [0.15, 0.2) is 30.3 Å². The van der Waals surface area contributed by atoms with E-state index in [4.69, 9.17) is 9.47 Å². The largest absolute Gasteiger partial charge is 0.352 e. The molecule has 6 heteroatoms. The molecule has 1 fully saturated rings. The summed E-state index contributed by atoms with van der Waals surface area (Å²) in [5.74, 6) is -2.27. The van der Waals surface area contributed by atoms with Gasteiger partial charge in [0, 0.05) is 11.5 Å². The van der Waals surface area contributed by atoms with E-state index in [-0.39, 0.29) is 42.1 Å². The summed E-state index contributed by atoms with van der Waals surface area (Å²) in [5, 5.41) is 0. The zero-order chi connectivity index (χ0) is 24.2. The SMILES string of the molecule is CC/C=C\CC1=CC=C(c2ccc(-c3ccc(C4COC(C)OC4)c(F)c3F)cc2)C(F)C1F. The summed E-state index contributed by atoms with van der Waals surface area (Å²) in [6.45, 7) is 4.24. The van der Waals surface area contributed by atoms with Crippen molar-refractivity contribution in [2.75, 3.05) is 13.2 Å². The van der Waals surface area contributed by atoms with Gasteiger partial charge in [0.05, 0.1) is 13.2 Å². The predicted molar refractivity (Wildman–Crippen MR) is 126 cm³/mol. The van der Waals surface area contributed by atoms with Crippen LogP contribution in [-0.2, 0) is 9.47 Å². The van der Waals surface area contributed by atoms with Crippen molar-refractivity contribution in [2.45, 2.75) is 51.2 Å². The van der Waals surface area contributed by atoms with Crippen LogP contribution in [0.1, 0.15) is 43.7 Å². The Morgan fingerprint density at radius 3 is 2.21 bits per heavy atom. The number of halogens is 4. The molecule has 2 aromatic rings. The highest BCUT2D eigenvalue weighted by Gasteiger charge is 2.31. The third-order valence-electron chi connectivity index (χ3n) is 6.29. The first kappa shape index (κ1) is 24.4. The van der Waals surface area contributed by atoms with Gasteiger partial charge in [-0.15, -0.1) is 0 Å². The van der Waals surface area contributed by atoms with Crippen LogP contribution in [0.5, 0.6) is 0 Å². The van der Waals surface area contributed by atoms with Crippen molar-refractivity contribution in [3.05, 3.63) is 89.0 Å². The summed E-state index contributed by atoms with van der Waals surface area (Å²) in [6.07, 6.45) is 4.33. The fourth-order valence-corrected chi connectivity index (χ4v) is 4.27. The van der Waals surface area contributed by atoms with E-state index in [0.717, 1.165) is 6.42 Å². The topological polar surface area (TPSA) is 18.5 Å². The van der Waals surface area contributed by atoms with Crippen molar-refractivity contribution in [2.24, 2.45) is 0 Å². The normalized spacial score (nSPS) is 25.4. The first-order valence-corrected chi connectivity index (χ1v) is 11.6. The molecule has 180 valence electrons. The van der Waals surface area contributed by atoms with Crippen LogP contribution >= 0.6 is 0 Å². The average Bonchev–Trinajstić information content (AvgIpc) is 2.85. The van der Waals surface area contributed by atoms with Crippen molar-refractivity contribution in [3.8, 4) is 11.1 Å². The first-order chi connectivity index (χ1) is 16.4. The number of hydrogen-bond acceptors (Lipinski definition) is 2. The van der Waals surface area contributed by atoms with Gasteiger partial charge in [0.2, 0.25) is 0 Å². The van der Waals surface area contributed by atoms with Gasteiger partial charge in [-0.25, -0.2) is 17.6 Å². The van der Waals surface area contributed by atoms with Crippen molar-refractivity contribution >= 4 is 5.57 Å². The molecule has 0 saturated carbocycles. The third-order valence-corrected chi connectivity index (χ3v) is 6.29. The number of benzene rings is 2. The van der Waals surface area contributed by atoms with Crippen LogP contribution < -0.4 is 0 Å². The minimum absolute atomic E-state index is 0.0986. The zero-order valence-corrected chi connectivity index (χ0v) is 19.2. The van der Waals surface area contributed by atoms with E-state index in [1.165, 1.54) is 6.07 Å². The maximum atomic E-state index is 14.9. The molecule has 1 saturated heterocycles. The number of allylic oxidation sites excluding steroid dienone is 6. The van der Waals surface area contributed by atoms with E-state index in [1.54, 1.807) is 49.4 Å². The fraction of sp³-hybridized carbons (Fsp3) is 0.357. The van der Waals surface area contributed by atoms with E-state index in [2.05, 4.69) is 0 Å². The van der Waals surface area contributed by atoms with Crippen molar-refractivity contribution in [3.63, 3.8) is 0 Å². The summed E-state index contributed by atoms with van der Waals surface area (Å²) in [7, 11) is 0. The van der Waals surface area contributed by atoms with E-state index in [9.17, 15) is 17.6 Å². The van der Waals surface area contributed by atoms with Gasteiger partial charge in [-0.05, 0) is 47.6 Å². The van der Waals surface area contributed by atoms with E-state index < -0.39 is 24.0 Å². The molecule has 4 rings (SSSR count). The molecule has 1 aliphatic heterocycles. The molecule has 2 unspecified atom stereocenters. The van der Waals surface area contributed by atoms with Crippen molar-refractivity contribution in [1.82, 2.24) is 0 Å². The molecular weight excluding hydrogens is 444 g/mol. The molecule has 2 aromatic carbocycles. The smallest absolute Gasteiger partial charge is 0.166 e. The van der Waals surface area contributed by atoms with Crippen LogP contribution in [0.2, 0.25) is 0 Å². The van der Waals surface area contributed by atoms with Crippen molar-refractivity contribution in [1.29, 1.82) is 0 Å². The molecule has 2 aliphatic rings. The molecule has 0 bridgehead atoms. The van der Waals surface area contributed by atoms with Gasteiger partial charge in [-0.3, -0.25) is 0 Å². The van der Waals surface area contributed by atoms with Crippen molar-refractivity contribution < 1.29 is 27.0 Å². The van der Waals surface area contributed by atoms with Gasteiger partial charge in [0.1, 0.15) is 0 Å². The second-order valence-corrected chi connectivity index (χ2v) is 8.59. The van der Waals surface area contributed by atoms with Gasteiger partial charge in [0.25, 0.3) is 0 Å². The first-order valence-electron chi connectivity index (χ1n) is 11.6. The highest BCUT2D eigenvalue weighted by Crippen LogP contribution is 2.36. The molecule has 0 N–H and O–H groups in total. The molecule has 0 amide bonds. The molecular formula is C28H28F4O2. The highest BCUT2D eigenvalue weighted by atomic mass is 19.2. The minimum Gasteiger partial charge on any atom is -0.352 e. The lowest BCUT2D eigenvalue weighted by Crippen LogP contribution is -2.29. The number of hydrogen-bond donors (Lipinski definition) is 0. The van der Waals surface area contributed by atoms with Gasteiger partial charge in [-0.1, -0.05) is 67.6 Å². The lowest BCUT2D eigenvalue weighted by molar-refractivity contribution is -0.176. The van der Waals surface area contributed by atoms with Gasteiger partial charge >= 0.3 is 0 Å². The van der Waals surface area contributed by atoms with Crippen LogP contribution in [-0.4, -0.2) is 31.8 Å². The minimum atomic E-state index is -1.78. The highest BCUT2D eigenvalue weighted by molar-refractivity contribution is 5.75. The molecule has 0 spiro atoms. The summed E-state index contributed by atoms with van der Waals surface area (Å²) < 4.78 is 70.0. The lowest BCUT2D eigenvalue weighted by Gasteiger charge is -2.28. The standard InChI is InChI=1S/C28H28F4O2/c1-3-4-5-6-20-11-12-22(26(30)25(20)29)18-7-9-19(10-8-18)23-13-14-24(28(32)27(23)31)21-15-33-17(2)34-16-21/h4-5,7-14,17,21,25-26H,3,6,15-16H2,1-2H3/b5-4-. The molecule has 2 atom stereocenters. The Hall–Kier alpha value is -2.70. The Balaban J connectivity index is 1.55. The second kappa shape index (κ2) is 10.7. The lowest BCUT2D eigenvalue weighted by atomic mass is 9.88. The fourth-order valence-electron chi connectivity index (χ4n) is 4.27. The average molecular weight is 473 g/mol. The third kappa shape index (κ3) is 5.03. The Morgan fingerprint density at radius 2 is 1.53 bits per heavy atom. The van der Waals surface area contributed by atoms with E-state index in [1.807, 2.05) is 19.1 Å². The summed E-state index contributed by atoms with van der Waals surface area (Å²) in [6, 6.07) is 9.45. The maximum absolute atomic E-state index is 14.9. The molecule has 0 radical (unpaired) electrons. The summed E-state index contributed by atoms with van der Waals surface area (Å²) >= 11 is 0. The number of alkyl halides is 2. The Bertz CT molecular complexity index is 1100. The van der Waals surface area contributed by atoms with E-state index >= 15 is 0 Å². The predicted octanol–water partition coefficient (Wildman–Crippen LogP) is 7.46. The Kier molecular flexibility index (Phi) is 7.69. The van der Waals surface area contributed by atoms with Crippen LogP contribution in [0.3, 0.4) is 0 Å². The monoisotopic (exact) mass is 472 g/mol. The van der Waals surface area contributed by atoms with Gasteiger partial charge in [-0.2, -0.15) is 0 Å². The number of rotatable bonds is 6. The maximum Gasteiger partial charge on any atom is 0.166 e. The quantitative estimate of drug-likeness (QED) is 0.321. The molecule has 1 heterocycles. The molecule has 34 heavy (non-hydrogen) atoms. The summed E-state index contributed by atoms with van der Waals surface area (Å²) in [5.41, 5.74) is 1.89. The number of ether oxygens (including phenoxy) is 2. The van der Waals surface area contributed by atoms with Crippen LogP contribution in [0.15, 0.2) is 66.3 Å². The second-order valence-electron chi connectivity index (χ2n) is 8.59. The van der Waals surface area contributed by atoms with Gasteiger partial charge < -0.3 is 9.47 Å². The van der Waals surface area contributed by atoms with E-state index in [0.29, 0.717) is 23.1 Å². The Morgan fingerprint density at radius 1 is 0.853 bits per heavy atom.